The van der Waals surface area contributed by atoms with E-state index in [0.29, 0.717) is 23.9 Å². The van der Waals surface area contributed by atoms with Crippen molar-refractivity contribution in [3.8, 4) is 0 Å². The Morgan fingerprint density at radius 1 is 1.33 bits per heavy atom. The monoisotopic (exact) mass is 208 g/mol. The van der Waals surface area contributed by atoms with Gasteiger partial charge in [0.2, 0.25) is 0 Å². The minimum absolute atomic E-state index is 0.369. The van der Waals surface area contributed by atoms with Gasteiger partial charge >= 0.3 is 0 Å². The lowest BCUT2D eigenvalue weighted by atomic mass is 9.63. The first-order valence-corrected chi connectivity index (χ1v) is 6.37. The van der Waals surface area contributed by atoms with Gasteiger partial charge in [-0.1, -0.05) is 31.9 Å². The van der Waals surface area contributed by atoms with E-state index in [2.05, 4.69) is 20.8 Å². The SMILES string of the molecule is C[C@H]1CC2=C(C[C@H]1CO)C(C)(C)CCC2. The second-order valence-electron chi connectivity index (χ2n) is 6.15. The zero-order valence-electron chi connectivity index (χ0n) is 10.3. The Bertz CT molecular complexity index is 275. The lowest BCUT2D eigenvalue weighted by Gasteiger charge is -2.42. The Hall–Kier alpha value is -0.300. The van der Waals surface area contributed by atoms with Gasteiger partial charge < -0.3 is 5.11 Å². The van der Waals surface area contributed by atoms with Crippen LogP contribution in [0.4, 0.5) is 0 Å². The van der Waals surface area contributed by atoms with Crippen molar-refractivity contribution in [2.75, 3.05) is 6.61 Å². The second-order valence-corrected chi connectivity index (χ2v) is 6.15. The van der Waals surface area contributed by atoms with Crippen LogP contribution in [0.5, 0.6) is 0 Å². The fraction of sp³-hybridized carbons (Fsp3) is 0.857. The number of hydrogen-bond acceptors (Lipinski definition) is 1. The van der Waals surface area contributed by atoms with Crippen molar-refractivity contribution in [1.29, 1.82) is 0 Å². The molecule has 2 aliphatic carbocycles. The summed E-state index contributed by atoms with van der Waals surface area (Å²) in [5.74, 6) is 1.20. The highest BCUT2D eigenvalue weighted by Crippen LogP contribution is 2.49. The number of aliphatic hydroxyl groups excluding tert-OH is 1. The van der Waals surface area contributed by atoms with Crippen LogP contribution in [0.3, 0.4) is 0 Å². The molecule has 2 aliphatic rings. The normalized spacial score (nSPS) is 35.2. The summed E-state index contributed by atoms with van der Waals surface area (Å²) < 4.78 is 0. The molecule has 0 aromatic heterocycles. The summed E-state index contributed by atoms with van der Waals surface area (Å²) in [7, 11) is 0. The van der Waals surface area contributed by atoms with Crippen molar-refractivity contribution < 1.29 is 5.11 Å². The van der Waals surface area contributed by atoms with Gasteiger partial charge in [0.25, 0.3) is 0 Å². The predicted octanol–water partition coefficient (Wildman–Crippen LogP) is 3.53. The van der Waals surface area contributed by atoms with Crippen molar-refractivity contribution in [3.05, 3.63) is 11.1 Å². The third kappa shape index (κ3) is 1.99. The van der Waals surface area contributed by atoms with Crippen LogP contribution in [0.1, 0.15) is 52.9 Å². The average molecular weight is 208 g/mol. The highest BCUT2D eigenvalue weighted by Gasteiger charge is 2.36. The first-order chi connectivity index (χ1) is 7.04. The topological polar surface area (TPSA) is 20.2 Å². The molecule has 0 spiro atoms. The Balaban J connectivity index is 2.27. The molecular weight excluding hydrogens is 184 g/mol. The van der Waals surface area contributed by atoms with E-state index in [-0.39, 0.29) is 0 Å². The fourth-order valence-electron chi connectivity index (χ4n) is 3.43. The summed E-state index contributed by atoms with van der Waals surface area (Å²) in [5.41, 5.74) is 3.82. The van der Waals surface area contributed by atoms with Gasteiger partial charge in [0.15, 0.2) is 0 Å². The van der Waals surface area contributed by atoms with Gasteiger partial charge in [0.05, 0.1) is 0 Å². The number of allylic oxidation sites excluding steroid dienone is 2. The van der Waals surface area contributed by atoms with Crippen molar-refractivity contribution in [1.82, 2.24) is 0 Å². The summed E-state index contributed by atoms with van der Waals surface area (Å²) in [6, 6.07) is 0. The zero-order chi connectivity index (χ0) is 11.1. The summed E-state index contributed by atoms with van der Waals surface area (Å²) >= 11 is 0. The third-order valence-electron chi connectivity index (χ3n) is 4.60. The van der Waals surface area contributed by atoms with Crippen LogP contribution in [0.15, 0.2) is 11.1 Å². The molecule has 1 heteroatoms. The van der Waals surface area contributed by atoms with Gasteiger partial charge in [-0.15, -0.1) is 0 Å². The van der Waals surface area contributed by atoms with E-state index in [0.717, 1.165) is 6.42 Å². The molecule has 1 N–H and O–H groups in total. The highest BCUT2D eigenvalue weighted by atomic mass is 16.3. The third-order valence-corrected chi connectivity index (χ3v) is 4.60. The van der Waals surface area contributed by atoms with Gasteiger partial charge in [0, 0.05) is 6.61 Å². The number of aliphatic hydroxyl groups is 1. The van der Waals surface area contributed by atoms with Crippen LogP contribution in [0, 0.1) is 17.3 Å². The zero-order valence-corrected chi connectivity index (χ0v) is 10.3. The fourth-order valence-corrected chi connectivity index (χ4v) is 3.43. The van der Waals surface area contributed by atoms with E-state index in [9.17, 15) is 5.11 Å². The molecule has 15 heavy (non-hydrogen) atoms. The predicted molar refractivity (Wildman–Crippen MR) is 63.6 cm³/mol. The van der Waals surface area contributed by atoms with E-state index >= 15 is 0 Å². The molecule has 0 bridgehead atoms. The van der Waals surface area contributed by atoms with E-state index in [1.165, 1.54) is 25.7 Å². The molecule has 2 rings (SSSR count). The molecule has 0 unspecified atom stereocenters. The Labute approximate surface area is 93.6 Å². The molecule has 0 aliphatic heterocycles. The maximum atomic E-state index is 9.40. The lowest BCUT2D eigenvalue weighted by Crippen LogP contribution is -2.31. The van der Waals surface area contributed by atoms with Crippen LogP contribution in [0.2, 0.25) is 0 Å². The summed E-state index contributed by atoms with van der Waals surface area (Å²) in [5, 5.41) is 9.40. The molecule has 1 nitrogen and oxygen atoms in total. The minimum atomic E-state index is 0.369. The van der Waals surface area contributed by atoms with Crippen molar-refractivity contribution in [2.24, 2.45) is 17.3 Å². The smallest absolute Gasteiger partial charge is 0.0464 e. The maximum Gasteiger partial charge on any atom is 0.0464 e. The lowest BCUT2D eigenvalue weighted by molar-refractivity contribution is 0.158. The molecule has 86 valence electrons. The summed E-state index contributed by atoms with van der Waals surface area (Å²) in [4.78, 5) is 0. The highest BCUT2D eigenvalue weighted by molar-refractivity contribution is 5.27. The van der Waals surface area contributed by atoms with E-state index in [1.54, 1.807) is 11.1 Å². The molecule has 0 amide bonds. The van der Waals surface area contributed by atoms with Crippen molar-refractivity contribution in [3.63, 3.8) is 0 Å². The molecular formula is C14H24O. The number of rotatable bonds is 1. The minimum Gasteiger partial charge on any atom is -0.396 e. The summed E-state index contributed by atoms with van der Waals surface area (Å²) in [6.07, 6.45) is 6.41. The standard InChI is InChI=1S/C14H24O/c1-10-7-11-5-4-6-14(2,3)13(11)8-12(10)9-15/h10,12,15H,4-9H2,1-3H3/t10-,12-/m0/s1. The van der Waals surface area contributed by atoms with Gasteiger partial charge in [-0.2, -0.15) is 0 Å². The van der Waals surface area contributed by atoms with E-state index < -0.39 is 0 Å². The number of hydrogen-bond donors (Lipinski definition) is 1. The van der Waals surface area contributed by atoms with Crippen molar-refractivity contribution >= 4 is 0 Å². The molecule has 0 heterocycles. The van der Waals surface area contributed by atoms with Crippen LogP contribution in [-0.4, -0.2) is 11.7 Å². The largest absolute Gasteiger partial charge is 0.396 e. The molecule has 0 saturated carbocycles. The summed E-state index contributed by atoms with van der Waals surface area (Å²) in [6.45, 7) is 7.43. The van der Waals surface area contributed by atoms with Gasteiger partial charge in [-0.05, 0) is 49.4 Å². The first kappa shape index (κ1) is 11.2. The van der Waals surface area contributed by atoms with Gasteiger partial charge in [-0.3, -0.25) is 0 Å². The Morgan fingerprint density at radius 2 is 2.07 bits per heavy atom. The van der Waals surface area contributed by atoms with Crippen LogP contribution in [0.25, 0.3) is 0 Å². The van der Waals surface area contributed by atoms with Crippen LogP contribution >= 0.6 is 0 Å². The molecule has 0 radical (unpaired) electrons. The second kappa shape index (κ2) is 3.93. The Morgan fingerprint density at radius 3 is 2.73 bits per heavy atom. The molecule has 2 atom stereocenters. The first-order valence-electron chi connectivity index (χ1n) is 6.37. The maximum absolute atomic E-state index is 9.40. The van der Waals surface area contributed by atoms with Crippen LogP contribution in [-0.2, 0) is 0 Å². The molecule has 0 aromatic carbocycles. The van der Waals surface area contributed by atoms with Crippen LogP contribution < -0.4 is 0 Å². The quantitative estimate of drug-likeness (QED) is 0.654. The van der Waals surface area contributed by atoms with Gasteiger partial charge in [0.1, 0.15) is 0 Å². The molecule has 0 saturated heterocycles. The van der Waals surface area contributed by atoms with Crippen molar-refractivity contribution in [2.45, 2.75) is 52.9 Å². The van der Waals surface area contributed by atoms with E-state index in [4.69, 9.17) is 0 Å². The average Bonchev–Trinajstić information content (AvgIpc) is 2.16. The van der Waals surface area contributed by atoms with E-state index in [1.807, 2.05) is 0 Å². The van der Waals surface area contributed by atoms with Gasteiger partial charge in [-0.25, -0.2) is 0 Å². The molecule has 0 aromatic rings. The molecule has 0 fully saturated rings. The Kier molecular flexibility index (Phi) is 2.94.